The second-order valence-electron chi connectivity index (χ2n) is 16.7. The Morgan fingerprint density at radius 3 is 1.98 bits per heavy atom. The van der Waals surface area contributed by atoms with Gasteiger partial charge in [0.15, 0.2) is 0 Å². The summed E-state index contributed by atoms with van der Waals surface area (Å²) < 4.78 is 6.57. The lowest BCUT2D eigenvalue weighted by molar-refractivity contribution is 0.672. The van der Waals surface area contributed by atoms with Gasteiger partial charge in [-0.05, 0) is 123 Å². The third-order valence-electron chi connectivity index (χ3n) is 13.1. The highest BCUT2D eigenvalue weighted by atomic mass is 16.3. The molecule has 0 amide bonds. The van der Waals surface area contributed by atoms with Crippen molar-refractivity contribution in [2.75, 3.05) is 4.90 Å². The van der Waals surface area contributed by atoms with Crippen LogP contribution in [0, 0.1) is 0 Å². The van der Waals surface area contributed by atoms with Gasteiger partial charge in [0.1, 0.15) is 11.2 Å². The predicted octanol–water partition coefficient (Wildman–Crippen LogP) is 16.3. The van der Waals surface area contributed by atoms with Gasteiger partial charge in [0, 0.05) is 39.0 Å². The minimum absolute atomic E-state index is 0.252. The molecule has 0 saturated carbocycles. The van der Waals surface area contributed by atoms with E-state index >= 15 is 0 Å². The number of rotatable bonds is 7. The van der Waals surface area contributed by atoms with Crippen LogP contribution in [0.2, 0.25) is 0 Å². The van der Waals surface area contributed by atoms with Gasteiger partial charge in [-0.3, -0.25) is 0 Å². The van der Waals surface area contributed by atoms with Gasteiger partial charge >= 0.3 is 0 Å². The zero-order valence-corrected chi connectivity index (χ0v) is 34.3. The first-order chi connectivity index (χ1) is 30.7. The number of aryl methyl sites for hydroxylation is 1. The smallest absolute Gasteiger partial charge is 0.143 e. The molecule has 1 unspecified atom stereocenters. The van der Waals surface area contributed by atoms with Crippen molar-refractivity contribution in [3.05, 3.63) is 246 Å². The fourth-order valence-electron chi connectivity index (χ4n) is 10.1. The Morgan fingerprint density at radius 1 is 0.452 bits per heavy atom. The van der Waals surface area contributed by atoms with Crippen molar-refractivity contribution in [3.63, 3.8) is 0 Å². The Labute approximate surface area is 362 Å². The van der Waals surface area contributed by atoms with E-state index in [4.69, 9.17) is 4.42 Å². The first kappa shape index (κ1) is 36.2. The molecule has 2 aliphatic rings. The maximum Gasteiger partial charge on any atom is 0.143 e. The van der Waals surface area contributed by atoms with Crippen molar-refractivity contribution in [2.45, 2.75) is 25.2 Å². The van der Waals surface area contributed by atoms with Crippen molar-refractivity contribution in [1.82, 2.24) is 0 Å². The number of nitrogens with zero attached hydrogens (tertiary/aromatic N) is 1. The Hall–Kier alpha value is -7.68. The topological polar surface area (TPSA) is 16.4 Å². The van der Waals surface area contributed by atoms with Gasteiger partial charge < -0.3 is 9.32 Å². The number of furan rings is 1. The summed E-state index contributed by atoms with van der Waals surface area (Å²) in [6, 6.07) is 75.3. The third-order valence-corrected chi connectivity index (χ3v) is 13.1. The highest BCUT2D eigenvalue weighted by Gasteiger charge is 2.26. The molecule has 0 saturated heterocycles. The van der Waals surface area contributed by atoms with Crippen LogP contribution >= 0.6 is 0 Å². The summed E-state index contributed by atoms with van der Waals surface area (Å²) in [7, 11) is 0. The highest BCUT2D eigenvalue weighted by Crippen LogP contribution is 2.48. The number of allylic oxidation sites excluding steroid dienone is 4. The van der Waals surface area contributed by atoms with Crippen LogP contribution in [0.25, 0.3) is 66.1 Å². The van der Waals surface area contributed by atoms with Gasteiger partial charge in [-0.2, -0.15) is 0 Å². The molecule has 0 aliphatic heterocycles. The van der Waals surface area contributed by atoms with E-state index in [0.717, 1.165) is 63.5 Å². The van der Waals surface area contributed by atoms with E-state index in [1.54, 1.807) is 0 Å². The van der Waals surface area contributed by atoms with E-state index in [2.05, 4.69) is 223 Å². The summed E-state index contributed by atoms with van der Waals surface area (Å²) in [5.41, 5.74) is 19.5. The molecular formula is C60H43NO. The lowest BCUT2D eigenvalue weighted by atomic mass is 9.81. The summed E-state index contributed by atoms with van der Waals surface area (Å²) in [5.74, 6) is 0.252. The molecule has 0 N–H and O–H groups in total. The van der Waals surface area contributed by atoms with E-state index in [9.17, 15) is 0 Å². The number of hydrogen-bond acceptors (Lipinski definition) is 2. The molecule has 0 fully saturated rings. The molecule has 62 heavy (non-hydrogen) atoms. The van der Waals surface area contributed by atoms with E-state index in [0.29, 0.717) is 0 Å². The average molecular weight is 794 g/mol. The number of benzene rings is 9. The number of anilines is 3. The quantitative estimate of drug-likeness (QED) is 0.160. The largest absolute Gasteiger partial charge is 0.455 e. The second-order valence-corrected chi connectivity index (χ2v) is 16.7. The summed E-state index contributed by atoms with van der Waals surface area (Å²) in [6.45, 7) is 0. The summed E-state index contributed by atoms with van der Waals surface area (Å²) in [6.07, 6.45) is 7.87. The van der Waals surface area contributed by atoms with Crippen LogP contribution < -0.4 is 4.90 Å². The summed E-state index contributed by atoms with van der Waals surface area (Å²) in [4.78, 5) is 2.51. The van der Waals surface area contributed by atoms with Gasteiger partial charge in [-0.1, -0.05) is 176 Å². The molecule has 9 aromatic carbocycles. The number of hydrogen-bond donors (Lipinski definition) is 0. The summed E-state index contributed by atoms with van der Waals surface area (Å²) >= 11 is 0. The molecule has 12 rings (SSSR count). The fraction of sp³-hybridized carbons (Fsp3) is 0.0667. The monoisotopic (exact) mass is 793 g/mol. The molecule has 294 valence electrons. The van der Waals surface area contributed by atoms with Gasteiger partial charge in [-0.25, -0.2) is 0 Å². The van der Waals surface area contributed by atoms with Crippen LogP contribution in [0.5, 0.6) is 0 Å². The lowest BCUT2D eigenvalue weighted by Crippen LogP contribution is -2.16. The van der Waals surface area contributed by atoms with Crippen LogP contribution in [-0.4, -0.2) is 0 Å². The van der Waals surface area contributed by atoms with Crippen LogP contribution in [-0.2, 0) is 12.8 Å². The minimum Gasteiger partial charge on any atom is -0.455 e. The van der Waals surface area contributed by atoms with Gasteiger partial charge in [0.25, 0.3) is 0 Å². The lowest BCUT2D eigenvalue weighted by Gasteiger charge is -2.32. The first-order valence-corrected chi connectivity index (χ1v) is 21.8. The summed E-state index contributed by atoms with van der Waals surface area (Å²) in [5, 5.41) is 4.59. The first-order valence-electron chi connectivity index (χ1n) is 21.8. The number of fused-ring (bicyclic) bond motifs is 8. The van der Waals surface area contributed by atoms with Crippen LogP contribution in [0.15, 0.2) is 223 Å². The second kappa shape index (κ2) is 15.1. The standard InChI is InChI=1S/C60H43NO/c1-3-14-41(15-4-1)49-34-30-45(38-55(49)42-16-5-2-6-17-42)40-26-32-47(33-27-40)61(58-25-13-23-52-48-20-9-7-18-43(48)28-35-53(52)58)57-24-12-11-21-50(57)46-31-37-59-56(39-46)54-36-29-44-19-8-10-22-51(44)60(54)62-59/h1-27,29,31-34,36-39,45H,28,30,35H2. The molecule has 1 aromatic heterocycles. The van der Waals surface area contributed by atoms with E-state index < -0.39 is 0 Å². The SMILES string of the molecule is C1=C(c2ccccc2)C(c2ccccc2)=CC(c2ccc(N(c3ccccc3-c3ccc4oc5c6ccccc6ccc5c4c3)c3cccc4c3CCc3ccccc3-4)cc2)C1. The van der Waals surface area contributed by atoms with Crippen molar-refractivity contribution >= 4 is 60.9 Å². The van der Waals surface area contributed by atoms with Crippen molar-refractivity contribution < 1.29 is 4.42 Å². The molecule has 10 aromatic rings. The molecule has 0 bridgehead atoms. The fourth-order valence-corrected chi connectivity index (χ4v) is 10.1. The Bertz CT molecular complexity index is 3370. The van der Waals surface area contributed by atoms with Crippen molar-refractivity contribution in [3.8, 4) is 22.3 Å². The third kappa shape index (κ3) is 6.18. The van der Waals surface area contributed by atoms with Gasteiger partial charge in [0.2, 0.25) is 0 Å². The molecule has 1 atom stereocenters. The average Bonchev–Trinajstić information content (AvgIpc) is 3.73. The zero-order chi connectivity index (χ0) is 41.0. The minimum atomic E-state index is 0.252. The molecule has 1 heterocycles. The predicted molar refractivity (Wildman–Crippen MR) is 260 cm³/mol. The van der Waals surface area contributed by atoms with Crippen LogP contribution in [0.4, 0.5) is 17.1 Å². The maximum absolute atomic E-state index is 6.57. The Kier molecular flexibility index (Phi) is 8.81. The number of para-hydroxylation sites is 1. The molecule has 0 spiro atoms. The van der Waals surface area contributed by atoms with E-state index in [1.807, 2.05) is 0 Å². The molecular weight excluding hydrogens is 751 g/mol. The normalized spacial score (nSPS) is 14.6. The van der Waals surface area contributed by atoms with E-state index in [1.165, 1.54) is 66.7 Å². The zero-order valence-electron chi connectivity index (χ0n) is 34.3. The maximum atomic E-state index is 6.57. The molecule has 0 radical (unpaired) electrons. The van der Waals surface area contributed by atoms with Gasteiger partial charge in [-0.15, -0.1) is 0 Å². The van der Waals surface area contributed by atoms with E-state index in [-0.39, 0.29) is 5.92 Å². The van der Waals surface area contributed by atoms with Gasteiger partial charge in [0.05, 0.1) is 5.69 Å². The van der Waals surface area contributed by atoms with Crippen molar-refractivity contribution in [2.24, 2.45) is 0 Å². The Morgan fingerprint density at radius 2 is 1.15 bits per heavy atom. The molecule has 2 heteroatoms. The molecule has 2 nitrogen and oxygen atoms in total. The van der Waals surface area contributed by atoms with Crippen molar-refractivity contribution in [1.29, 1.82) is 0 Å². The molecule has 2 aliphatic carbocycles. The Balaban J connectivity index is 0.992. The van der Waals surface area contributed by atoms with Crippen LogP contribution in [0.1, 0.15) is 40.2 Å². The highest BCUT2D eigenvalue weighted by molar-refractivity contribution is 6.16. The van der Waals surface area contributed by atoms with Crippen LogP contribution in [0.3, 0.4) is 0 Å².